The number of halogens is 2. The van der Waals surface area contributed by atoms with Crippen LogP contribution in [-0.4, -0.2) is 34.6 Å². The quantitative estimate of drug-likeness (QED) is 0.787. The SMILES string of the molecule is Cl.O=S1(=O)NCc2c(N3CCNCC3)cccc2N1Cc1ccc(Cl)cc1. The first kappa shape index (κ1) is 20.2. The van der Waals surface area contributed by atoms with Crippen molar-refractivity contribution in [1.29, 1.82) is 0 Å². The van der Waals surface area contributed by atoms with Gasteiger partial charge in [0.2, 0.25) is 0 Å². The molecule has 2 aromatic rings. The molecule has 0 aliphatic carbocycles. The van der Waals surface area contributed by atoms with E-state index in [0.717, 1.165) is 48.7 Å². The van der Waals surface area contributed by atoms with E-state index < -0.39 is 10.2 Å². The second-order valence-corrected chi connectivity index (χ2v) is 8.59. The molecule has 4 rings (SSSR count). The molecule has 0 radical (unpaired) electrons. The molecule has 0 unspecified atom stereocenters. The lowest BCUT2D eigenvalue weighted by Gasteiger charge is -2.36. The minimum absolute atomic E-state index is 0. The van der Waals surface area contributed by atoms with Gasteiger partial charge in [-0.15, -0.1) is 12.4 Å². The Morgan fingerprint density at radius 1 is 1.00 bits per heavy atom. The lowest BCUT2D eigenvalue weighted by atomic mass is 10.1. The Morgan fingerprint density at radius 3 is 2.37 bits per heavy atom. The third-order valence-corrected chi connectivity index (χ3v) is 6.48. The Balaban J connectivity index is 0.00000210. The summed E-state index contributed by atoms with van der Waals surface area (Å²) >= 11 is 5.94. The molecule has 0 amide bonds. The molecule has 2 aliphatic rings. The van der Waals surface area contributed by atoms with Crippen LogP contribution < -0.4 is 19.2 Å². The molecule has 9 heteroatoms. The Labute approximate surface area is 171 Å². The van der Waals surface area contributed by atoms with Gasteiger partial charge in [0.05, 0.1) is 12.2 Å². The van der Waals surface area contributed by atoms with E-state index in [1.807, 2.05) is 24.3 Å². The number of nitrogens with one attached hydrogen (secondary N) is 2. The maximum absolute atomic E-state index is 12.7. The number of hydrogen-bond acceptors (Lipinski definition) is 4. The highest BCUT2D eigenvalue weighted by molar-refractivity contribution is 7.90. The van der Waals surface area contributed by atoms with Crippen LogP contribution in [0.2, 0.25) is 5.02 Å². The van der Waals surface area contributed by atoms with E-state index in [9.17, 15) is 8.42 Å². The first-order valence-corrected chi connectivity index (χ1v) is 10.5. The van der Waals surface area contributed by atoms with E-state index in [1.54, 1.807) is 12.1 Å². The lowest BCUT2D eigenvalue weighted by Crippen LogP contribution is -2.47. The Bertz CT molecular complexity index is 900. The van der Waals surface area contributed by atoms with Crippen LogP contribution in [0, 0.1) is 0 Å². The number of nitrogens with zero attached hydrogens (tertiary/aromatic N) is 2. The van der Waals surface area contributed by atoms with Crippen molar-refractivity contribution in [3.63, 3.8) is 0 Å². The predicted octanol–water partition coefficient (Wildman–Crippen LogP) is 2.53. The zero-order valence-electron chi connectivity index (χ0n) is 14.7. The van der Waals surface area contributed by atoms with Crippen molar-refractivity contribution in [2.45, 2.75) is 13.1 Å². The number of anilines is 2. The second-order valence-electron chi connectivity index (χ2n) is 6.47. The average molecular weight is 429 g/mol. The average Bonchev–Trinajstić information content (AvgIpc) is 2.66. The minimum Gasteiger partial charge on any atom is -0.369 e. The fourth-order valence-corrected chi connectivity index (χ4v) is 4.83. The monoisotopic (exact) mass is 428 g/mol. The van der Waals surface area contributed by atoms with E-state index in [1.165, 1.54) is 4.31 Å². The van der Waals surface area contributed by atoms with Crippen LogP contribution >= 0.6 is 24.0 Å². The standard InChI is InChI=1S/C18H21ClN4O2S.ClH/c19-15-6-4-14(5-7-15)13-23-18-3-1-2-17(22-10-8-20-9-11-22)16(18)12-21-26(23,24)25;/h1-7,20-21H,8-13H2;1H. The molecule has 27 heavy (non-hydrogen) atoms. The zero-order valence-corrected chi connectivity index (χ0v) is 17.1. The Hall–Kier alpha value is -1.51. The maximum Gasteiger partial charge on any atom is 0.302 e. The van der Waals surface area contributed by atoms with E-state index >= 15 is 0 Å². The van der Waals surface area contributed by atoms with Gasteiger partial charge in [-0.3, -0.25) is 4.31 Å². The Kier molecular flexibility index (Phi) is 6.18. The first-order valence-electron chi connectivity index (χ1n) is 8.64. The topological polar surface area (TPSA) is 64.7 Å². The summed E-state index contributed by atoms with van der Waals surface area (Å²) in [6, 6.07) is 13.2. The molecule has 0 atom stereocenters. The molecule has 1 saturated heterocycles. The molecule has 2 aromatic carbocycles. The molecule has 2 N–H and O–H groups in total. The third-order valence-electron chi connectivity index (χ3n) is 4.81. The van der Waals surface area contributed by atoms with Gasteiger partial charge in [-0.05, 0) is 29.8 Å². The van der Waals surface area contributed by atoms with E-state index in [0.29, 0.717) is 11.6 Å². The highest BCUT2D eigenvalue weighted by atomic mass is 35.5. The zero-order chi connectivity index (χ0) is 18.1. The first-order chi connectivity index (χ1) is 12.5. The van der Waals surface area contributed by atoms with Crippen molar-refractivity contribution < 1.29 is 8.42 Å². The third kappa shape index (κ3) is 4.17. The van der Waals surface area contributed by atoms with Crippen molar-refractivity contribution in [2.24, 2.45) is 0 Å². The van der Waals surface area contributed by atoms with Gasteiger partial charge in [-0.25, -0.2) is 0 Å². The minimum atomic E-state index is -3.57. The van der Waals surface area contributed by atoms with Gasteiger partial charge in [0.15, 0.2) is 0 Å². The lowest BCUT2D eigenvalue weighted by molar-refractivity contribution is 0.568. The van der Waals surface area contributed by atoms with Gasteiger partial charge in [0.25, 0.3) is 0 Å². The molecule has 0 saturated carbocycles. The van der Waals surface area contributed by atoms with Gasteiger partial charge < -0.3 is 10.2 Å². The Morgan fingerprint density at radius 2 is 1.67 bits per heavy atom. The normalized spacial score (nSPS) is 18.6. The fourth-order valence-electron chi connectivity index (χ4n) is 3.48. The number of piperazine rings is 1. The highest BCUT2D eigenvalue weighted by Crippen LogP contribution is 2.35. The smallest absolute Gasteiger partial charge is 0.302 e. The number of rotatable bonds is 3. The van der Waals surface area contributed by atoms with Gasteiger partial charge in [0, 0.05) is 49.0 Å². The van der Waals surface area contributed by atoms with Gasteiger partial charge in [-0.2, -0.15) is 13.1 Å². The van der Waals surface area contributed by atoms with Crippen LogP contribution in [0.1, 0.15) is 11.1 Å². The van der Waals surface area contributed by atoms with Crippen LogP contribution in [0.25, 0.3) is 0 Å². The molecule has 0 aromatic heterocycles. The molecule has 2 aliphatic heterocycles. The summed E-state index contributed by atoms with van der Waals surface area (Å²) in [7, 11) is -3.57. The van der Waals surface area contributed by atoms with Crippen molar-refractivity contribution in [3.05, 3.63) is 58.6 Å². The van der Waals surface area contributed by atoms with Gasteiger partial charge in [-0.1, -0.05) is 29.8 Å². The molecule has 2 heterocycles. The van der Waals surface area contributed by atoms with Crippen LogP contribution in [-0.2, 0) is 23.3 Å². The number of benzene rings is 2. The molecular formula is C18H22Cl2N4O2S. The molecule has 0 bridgehead atoms. The summed E-state index contributed by atoms with van der Waals surface area (Å²) in [6.07, 6.45) is 0. The fraction of sp³-hybridized carbons (Fsp3) is 0.333. The van der Waals surface area contributed by atoms with Crippen LogP contribution in [0.15, 0.2) is 42.5 Å². The molecule has 6 nitrogen and oxygen atoms in total. The summed E-state index contributed by atoms with van der Waals surface area (Å²) in [5.41, 5.74) is 3.76. The highest BCUT2D eigenvalue weighted by Gasteiger charge is 2.31. The van der Waals surface area contributed by atoms with Crippen molar-refractivity contribution in [3.8, 4) is 0 Å². The summed E-state index contributed by atoms with van der Waals surface area (Å²) in [5.74, 6) is 0. The number of hydrogen-bond donors (Lipinski definition) is 2. The summed E-state index contributed by atoms with van der Waals surface area (Å²) < 4.78 is 29.5. The molecular weight excluding hydrogens is 407 g/mol. The van der Waals surface area contributed by atoms with Crippen LogP contribution in [0.5, 0.6) is 0 Å². The summed E-state index contributed by atoms with van der Waals surface area (Å²) in [6.45, 7) is 4.29. The molecule has 0 spiro atoms. The second kappa shape index (κ2) is 8.24. The van der Waals surface area contributed by atoms with E-state index in [-0.39, 0.29) is 19.0 Å². The van der Waals surface area contributed by atoms with Crippen molar-refractivity contribution >= 4 is 45.6 Å². The number of fused-ring (bicyclic) bond motifs is 1. The summed E-state index contributed by atoms with van der Waals surface area (Å²) in [5, 5.41) is 3.98. The van der Waals surface area contributed by atoms with Gasteiger partial charge in [0.1, 0.15) is 0 Å². The predicted molar refractivity (Wildman–Crippen MR) is 112 cm³/mol. The van der Waals surface area contributed by atoms with Crippen molar-refractivity contribution in [1.82, 2.24) is 10.0 Å². The van der Waals surface area contributed by atoms with Crippen LogP contribution in [0.4, 0.5) is 11.4 Å². The van der Waals surface area contributed by atoms with Gasteiger partial charge >= 0.3 is 10.2 Å². The van der Waals surface area contributed by atoms with Crippen LogP contribution in [0.3, 0.4) is 0 Å². The van der Waals surface area contributed by atoms with E-state index in [4.69, 9.17) is 11.6 Å². The molecule has 146 valence electrons. The van der Waals surface area contributed by atoms with Crippen molar-refractivity contribution in [2.75, 3.05) is 35.4 Å². The summed E-state index contributed by atoms with van der Waals surface area (Å²) in [4.78, 5) is 2.31. The largest absolute Gasteiger partial charge is 0.369 e. The van der Waals surface area contributed by atoms with E-state index in [2.05, 4.69) is 21.0 Å². The molecule has 1 fully saturated rings. The maximum atomic E-state index is 12.7.